The van der Waals surface area contributed by atoms with Gasteiger partial charge in [-0.3, -0.25) is 9.48 Å². The van der Waals surface area contributed by atoms with E-state index in [0.29, 0.717) is 46.7 Å². The Labute approximate surface area is 260 Å². The third kappa shape index (κ3) is 5.33. The number of benzene rings is 1. The van der Waals surface area contributed by atoms with Crippen molar-refractivity contribution in [2.75, 3.05) is 6.54 Å². The molecule has 2 saturated carbocycles. The number of halogens is 4. The van der Waals surface area contributed by atoms with Crippen molar-refractivity contribution in [1.82, 2.24) is 28.9 Å². The number of Topliss-reactive ketones (excluding diaryl/α,β-unsaturated/α-hetero) is 1. The molecule has 15 heteroatoms. The number of aryl methyl sites for hydroxylation is 1. The van der Waals surface area contributed by atoms with Gasteiger partial charge in [-0.15, -0.1) is 11.3 Å². The van der Waals surface area contributed by atoms with Crippen molar-refractivity contribution in [3.05, 3.63) is 81.5 Å². The zero-order valence-corrected chi connectivity index (χ0v) is 25.7. The van der Waals surface area contributed by atoms with E-state index in [2.05, 4.69) is 15.2 Å². The molecule has 45 heavy (non-hydrogen) atoms. The fraction of sp³-hybridized carbons (Fsp3) is 0.400. The van der Waals surface area contributed by atoms with Crippen LogP contribution in [0.15, 0.2) is 58.7 Å². The third-order valence-electron chi connectivity index (χ3n) is 8.93. The fourth-order valence-electron chi connectivity index (χ4n) is 6.48. The van der Waals surface area contributed by atoms with Crippen LogP contribution in [0.1, 0.15) is 58.9 Å². The quantitative estimate of drug-likeness (QED) is 0.178. The molecule has 0 bridgehead atoms. The number of aromatic nitrogens is 5. The lowest BCUT2D eigenvalue weighted by Gasteiger charge is -2.46. The molecule has 0 unspecified atom stereocenters. The van der Waals surface area contributed by atoms with Crippen LogP contribution in [0.3, 0.4) is 0 Å². The normalized spacial score (nSPS) is 21.8. The highest BCUT2D eigenvalue weighted by atomic mass is 32.2. The second-order valence-electron chi connectivity index (χ2n) is 12.0. The molecule has 1 aromatic carbocycles. The number of hydrogen-bond acceptors (Lipinski definition) is 7. The smallest absolute Gasteiger partial charge is 0.290 e. The molecule has 9 nitrogen and oxygen atoms in total. The highest BCUT2D eigenvalue weighted by molar-refractivity contribution is 7.89. The zero-order chi connectivity index (χ0) is 31.7. The molecule has 3 aliphatic rings. The molecule has 2 fully saturated rings. The first kappa shape index (κ1) is 30.0. The van der Waals surface area contributed by atoms with E-state index in [9.17, 15) is 30.8 Å². The maximum atomic E-state index is 14.4. The highest BCUT2D eigenvalue weighted by Gasteiger charge is 2.53. The number of fused-ring (bicyclic) bond motifs is 2. The summed E-state index contributed by atoms with van der Waals surface area (Å²) in [5.74, 6) is -0.785. The van der Waals surface area contributed by atoms with Crippen molar-refractivity contribution in [3.63, 3.8) is 0 Å². The van der Waals surface area contributed by atoms with Crippen LogP contribution in [0, 0.1) is 17.2 Å². The van der Waals surface area contributed by atoms with Gasteiger partial charge in [-0.1, -0.05) is 5.57 Å². The SMILES string of the molecule is Cn1ccc(S(=O)(=O)N(CC2CC2)[C@H]2CCC3=Cc4c(cnn4-c4ccc(F)cc4)C[C@]3(C(=O)c3nc(C(F)(F)F)cs3)C2)n1. The molecule has 4 aromatic rings. The van der Waals surface area contributed by atoms with Crippen LogP contribution in [-0.2, 0) is 29.7 Å². The Balaban J connectivity index is 1.32. The van der Waals surface area contributed by atoms with Gasteiger partial charge in [-0.2, -0.15) is 27.7 Å². The molecule has 0 radical (unpaired) electrons. The van der Waals surface area contributed by atoms with E-state index in [4.69, 9.17) is 0 Å². The number of nitrogens with zero attached hydrogens (tertiary/aromatic N) is 6. The Hall–Kier alpha value is -3.69. The first-order valence-electron chi connectivity index (χ1n) is 14.5. The third-order valence-corrected chi connectivity index (χ3v) is 11.6. The molecule has 236 valence electrons. The topological polar surface area (TPSA) is 103 Å². The number of sulfonamides is 1. The summed E-state index contributed by atoms with van der Waals surface area (Å²) in [5, 5.41) is 9.13. The molecule has 7 rings (SSSR count). The molecule has 0 amide bonds. The molecule has 2 atom stereocenters. The van der Waals surface area contributed by atoms with E-state index in [1.165, 1.54) is 27.2 Å². The molecular formula is C30H28F4N6O3S2. The summed E-state index contributed by atoms with van der Waals surface area (Å²) >= 11 is 0.640. The Morgan fingerprint density at radius 3 is 2.56 bits per heavy atom. The molecule has 3 aliphatic carbocycles. The van der Waals surface area contributed by atoms with Crippen LogP contribution in [0.4, 0.5) is 17.6 Å². The lowest BCUT2D eigenvalue weighted by molar-refractivity contribution is -0.140. The lowest BCUT2D eigenvalue weighted by atomic mass is 9.61. The summed E-state index contributed by atoms with van der Waals surface area (Å²) in [5.41, 5.74) is 0.169. The molecule has 0 N–H and O–H groups in total. The van der Waals surface area contributed by atoms with E-state index in [0.717, 1.165) is 18.2 Å². The van der Waals surface area contributed by atoms with Crippen LogP contribution >= 0.6 is 11.3 Å². The number of allylic oxidation sites excluding steroid dienone is 1. The van der Waals surface area contributed by atoms with E-state index < -0.39 is 45.0 Å². The van der Waals surface area contributed by atoms with Gasteiger partial charge in [0.15, 0.2) is 15.7 Å². The van der Waals surface area contributed by atoms with Gasteiger partial charge in [0.1, 0.15) is 5.82 Å². The average Bonchev–Trinajstić information content (AvgIpc) is 3.33. The van der Waals surface area contributed by atoms with E-state index in [1.54, 1.807) is 36.3 Å². The van der Waals surface area contributed by atoms with Crippen LogP contribution in [0.2, 0.25) is 0 Å². The summed E-state index contributed by atoms with van der Waals surface area (Å²) in [6.07, 6.45) is 2.96. The molecule has 3 heterocycles. The summed E-state index contributed by atoms with van der Waals surface area (Å²) in [6, 6.07) is 6.63. The van der Waals surface area contributed by atoms with Crippen LogP contribution in [0.25, 0.3) is 11.8 Å². The van der Waals surface area contributed by atoms with Crippen LogP contribution in [-0.4, -0.2) is 55.6 Å². The molecule has 0 saturated heterocycles. The number of carbonyl (C=O) groups excluding carboxylic acids is 1. The minimum Gasteiger partial charge on any atom is -0.290 e. The Morgan fingerprint density at radius 1 is 1.16 bits per heavy atom. The van der Waals surface area contributed by atoms with Gasteiger partial charge in [0, 0.05) is 31.2 Å². The number of ketones is 1. The first-order chi connectivity index (χ1) is 21.3. The molecule has 0 spiro atoms. The average molecular weight is 661 g/mol. The number of hydrogen-bond donors (Lipinski definition) is 0. The van der Waals surface area contributed by atoms with E-state index in [1.807, 2.05) is 6.08 Å². The zero-order valence-electron chi connectivity index (χ0n) is 24.0. The second-order valence-corrected chi connectivity index (χ2v) is 14.7. The summed E-state index contributed by atoms with van der Waals surface area (Å²) < 4.78 is 86.7. The van der Waals surface area contributed by atoms with Crippen molar-refractivity contribution < 1.29 is 30.8 Å². The monoisotopic (exact) mass is 660 g/mol. The van der Waals surface area contributed by atoms with Crippen molar-refractivity contribution in [3.8, 4) is 5.69 Å². The minimum absolute atomic E-state index is 0.0680. The van der Waals surface area contributed by atoms with Gasteiger partial charge >= 0.3 is 6.18 Å². The number of carbonyl (C=O) groups is 1. The Kier molecular flexibility index (Phi) is 7.13. The predicted molar refractivity (Wildman–Crippen MR) is 157 cm³/mol. The highest BCUT2D eigenvalue weighted by Crippen LogP contribution is 2.52. The van der Waals surface area contributed by atoms with Gasteiger partial charge in [0.2, 0.25) is 5.78 Å². The number of thiazole rings is 1. The number of rotatable bonds is 8. The Bertz CT molecular complexity index is 1920. The van der Waals surface area contributed by atoms with Gasteiger partial charge < -0.3 is 0 Å². The second kappa shape index (κ2) is 10.7. The van der Waals surface area contributed by atoms with Crippen molar-refractivity contribution in [2.45, 2.75) is 55.8 Å². The molecule has 3 aromatic heterocycles. The lowest BCUT2D eigenvalue weighted by Crippen LogP contribution is -2.51. The van der Waals surface area contributed by atoms with Gasteiger partial charge in [0.25, 0.3) is 10.0 Å². The fourth-order valence-corrected chi connectivity index (χ4v) is 9.03. The number of alkyl halides is 3. The minimum atomic E-state index is -4.71. The van der Waals surface area contributed by atoms with Gasteiger partial charge in [-0.25, -0.2) is 22.5 Å². The summed E-state index contributed by atoms with van der Waals surface area (Å²) in [4.78, 5) is 18.1. The van der Waals surface area contributed by atoms with Crippen LogP contribution < -0.4 is 0 Å². The van der Waals surface area contributed by atoms with Crippen molar-refractivity contribution in [1.29, 1.82) is 0 Å². The molecule has 0 aliphatic heterocycles. The van der Waals surface area contributed by atoms with Crippen molar-refractivity contribution in [2.24, 2.45) is 18.4 Å². The Morgan fingerprint density at radius 2 is 1.91 bits per heavy atom. The van der Waals surface area contributed by atoms with E-state index in [-0.39, 0.29) is 35.3 Å². The summed E-state index contributed by atoms with van der Waals surface area (Å²) in [7, 11) is -2.41. The van der Waals surface area contributed by atoms with Gasteiger partial charge in [-0.05, 0) is 86.4 Å². The maximum absolute atomic E-state index is 14.4. The van der Waals surface area contributed by atoms with E-state index >= 15 is 0 Å². The molecular weight excluding hydrogens is 632 g/mol. The first-order valence-corrected chi connectivity index (χ1v) is 16.8. The van der Waals surface area contributed by atoms with Crippen molar-refractivity contribution >= 4 is 33.2 Å². The predicted octanol–water partition coefficient (Wildman–Crippen LogP) is 5.68. The largest absolute Gasteiger partial charge is 0.434 e. The standard InChI is InChI=1S/C30H28F4N6O3S2/c1-38-11-10-26(37-38)45(42,43)39(16-18-2-3-18)23-7-4-20-12-24-19(15-35-40(24)22-8-5-21(31)6-9-22)13-29(20,14-23)27(41)28-36-25(17-44-28)30(32,33)34/h5-6,8-12,15,17-18,23H,2-4,7,13-14,16H2,1H3/t23-,29-/m0/s1. The maximum Gasteiger partial charge on any atom is 0.434 e. The van der Waals surface area contributed by atoms with Crippen LogP contribution in [0.5, 0.6) is 0 Å². The summed E-state index contributed by atoms with van der Waals surface area (Å²) in [6.45, 7) is 0.274. The van der Waals surface area contributed by atoms with Gasteiger partial charge in [0.05, 0.1) is 23.0 Å².